The summed E-state index contributed by atoms with van der Waals surface area (Å²) in [6.45, 7) is 5.28. The highest BCUT2D eigenvalue weighted by Gasteiger charge is 2.21. The van der Waals surface area contributed by atoms with Gasteiger partial charge in [0.05, 0.1) is 31.1 Å². The van der Waals surface area contributed by atoms with Crippen LogP contribution in [-0.4, -0.2) is 57.6 Å². The number of quaternary nitrogens is 2. The summed E-state index contributed by atoms with van der Waals surface area (Å²) in [6, 6.07) is 10.8. The molecule has 0 bridgehead atoms. The zero-order valence-corrected chi connectivity index (χ0v) is 17.7. The first-order chi connectivity index (χ1) is 15.0. The minimum atomic E-state index is -0.558. The maximum atomic E-state index is 13.2. The molecule has 1 aliphatic heterocycles. The van der Waals surface area contributed by atoms with Crippen molar-refractivity contribution in [1.29, 1.82) is 0 Å². The summed E-state index contributed by atoms with van der Waals surface area (Å²) in [7, 11) is 2.21. The van der Waals surface area contributed by atoms with Gasteiger partial charge in [0.2, 0.25) is 0 Å². The van der Waals surface area contributed by atoms with Crippen molar-refractivity contribution in [2.45, 2.75) is 12.5 Å². The zero-order valence-electron chi connectivity index (χ0n) is 17.7. The second-order valence-corrected chi connectivity index (χ2v) is 8.37. The number of hydrogen-bond acceptors (Lipinski definition) is 4. The van der Waals surface area contributed by atoms with Crippen LogP contribution in [0.25, 0.3) is 22.1 Å². The highest BCUT2D eigenvalue weighted by molar-refractivity contribution is 5.82. The van der Waals surface area contributed by atoms with Gasteiger partial charge in [-0.2, -0.15) is 0 Å². The van der Waals surface area contributed by atoms with Crippen molar-refractivity contribution in [2.24, 2.45) is 0 Å². The molecular weight excluding hydrogens is 399 g/mol. The monoisotopic (exact) mass is 428 g/mol. The van der Waals surface area contributed by atoms with E-state index in [9.17, 15) is 14.3 Å². The lowest BCUT2D eigenvalue weighted by molar-refractivity contribution is -0.931. The first-order valence-electron chi connectivity index (χ1n) is 10.8. The molecule has 0 amide bonds. The Kier molecular flexibility index (Phi) is 6.65. The molecule has 0 aliphatic carbocycles. The number of aliphatic hydroxyl groups is 1. The molecule has 2 aromatic carbocycles. The third-order valence-corrected chi connectivity index (χ3v) is 5.91. The fourth-order valence-electron chi connectivity index (χ4n) is 4.10. The Morgan fingerprint density at radius 3 is 2.74 bits per heavy atom. The van der Waals surface area contributed by atoms with Crippen LogP contribution in [0.2, 0.25) is 0 Å². The summed E-state index contributed by atoms with van der Waals surface area (Å²) in [5.41, 5.74) is 1.21. The van der Waals surface area contributed by atoms with E-state index >= 15 is 0 Å². The average molecular weight is 429 g/mol. The number of nitrogens with one attached hydrogen (secondary N) is 2. The second-order valence-electron chi connectivity index (χ2n) is 8.37. The van der Waals surface area contributed by atoms with E-state index in [-0.39, 0.29) is 17.9 Å². The lowest BCUT2D eigenvalue weighted by Gasteiger charge is -2.20. The molecule has 0 saturated carbocycles. The lowest BCUT2D eigenvalue weighted by atomic mass is 10.1. The number of ether oxygens (including phenoxy) is 1. The molecule has 2 unspecified atom stereocenters. The quantitative estimate of drug-likeness (QED) is 0.523. The number of aliphatic hydroxyl groups excluding tert-OH is 1. The number of hydrogen-bond donors (Lipinski definition) is 3. The smallest absolute Gasteiger partial charge is 0.200 e. The van der Waals surface area contributed by atoms with Crippen LogP contribution in [0.4, 0.5) is 4.39 Å². The molecule has 4 rings (SSSR count). The molecular formula is C24H29FN2O4+2. The van der Waals surface area contributed by atoms with Gasteiger partial charge in [0.25, 0.3) is 0 Å². The maximum absolute atomic E-state index is 13.2. The maximum Gasteiger partial charge on any atom is 0.200 e. The first kappa shape index (κ1) is 21.5. The Morgan fingerprint density at radius 2 is 1.94 bits per heavy atom. The molecule has 164 valence electrons. The Labute approximate surface area is 180 Å². The van der Waals surface area contributed by atoms with Gasteiger partial charge in [0.1, 0.15) is 55.8 Å². The van der Waals surface area contributed by atoms with E-state index in [0.29, 0.717) is 34.4 Å². The second kappa shape index (κ2) is 9.60. The normalized spacial score (nSPS) is 20.4. The SMILES string of the molecule is C[NH+]1CCC[NH+](C[C@H](O)COc2ccc3c(=O)c(-c4ccc(F)cc4)coc3c2)CC1. The van der Waals surface area contributed by atoms with Gasteiger partial charge in [-0.1, -0.05) is 12.1 Å². The van der Waals surface area contributed by atoms with Crippen molar-refractivity contribution in [3.8, 4) is 16.9 Å². The fourth-order valence-corrected chi connectivity index (χ4v) is 4.10. The Morgan fingerprint density at radius 1 is 1.13 bits per heavy atom. The van der Waals surface area contributed by atoms with Gasteiger partial charge in [-0.15, -0.1) is 0 Å². The predicted octanol–water partition coefficient (Wildman–Crippen LogP) is 0.142. The number of benzene rings is 2. The average Bonchev–Trinajstić information content (AvgIpc) is 2.97. The summed E-state index contributed by atoms with van der Waals surface area (Å²) in [5, 5.41) is 10.8. The summed E-state index contributed by atoms with van der Waals surface area (Å²) >= 11 is 0. The van der Waals surface area contributed by atoms with Gasteiger partial charge in [-0.05, 0) is 29.8 Å². The Hall–Kier alpha value is -2.74. The van der Waals surface area contributed by atoms with Crippen LogP contribution < -0.4 is 20.0 Å². The van der Waals surface area contributed by atoms with Crippen molar-refractivity contribution in [2.75, 3.05) is 46.4 Å². The van der Waals surface area contributed by atoms with Crippen LogP contribution in [-0.2, 0) is 0 Å². The Bertz CT molecular complexity index is 1080. The molecule has 6 nitrogen and oxygen atoms in total. The van der Waals surface area contributed by atoms with Crippen LogP contribution in [0.1, 0.15) is 6.42 Å². The topological polar surface area (TPSA) is 68.6 Å². The molecule has 3 atom stereocenters. The number of likely N-dealkylation sites (N-methyl/N-ethyl adjacent to an activating group) is 1. The third kappa shape index (κ3) is 5.31. The highest BCUT2D eigenvalue weighted by Crippen LogP contribution is 2.23. The molecule has 1 fully saturated rings. The van der Waals surface area contributed by atoms with Crippen molar-refractivity contribution in [3.63, 3.8) is 0 Å². The molecule has 1 aromatic heterocycles. The van der Waals surface area contributed by atoms with Gasteiger partial charge in [0.15, 0.2) is 5.43 Å². The summed E-state index contributed by atoms with van der Waals surface area (Å²) in [4.78, 5) is 15.8. The van der Waals surface area contributed by atoms with Gasteiger partial charge >= 0.3 is 0 Å². The first-order valence-corrected chi connectivity index (χ1v) is 10.8. The number of rotatable bonds is 6. The Balaban J connectivity index is 1.41. The molecule has 2 heterocycles. The molecule has 0 radical (unpaired) electrons. The van der Waals surface area contributed by atoms with Crippen molar-refractivity contribution in [3.05, 3.63) is 64.8 Å². The summed E-state index contributed by atoms with van der Waals surface area (Å²) in [6.07, 6.45) is 1.99. The van der Waals surface area contributed by atoms with Crippen LogP contribution in [0.3, 0.4) is 0 Å². The van der Waals surface area contributed by atoms with Gasteiger partial charge in [-0.25, -0.2) is 4.39 Å². The fraction of sp³-hybridized carbons (Fsp3) is 0.375. The molecule has 1 saturated heterocycles. The van der Waals surface area contributed by atoms with E-state index in [1.165, 1.54) is 36.3 Å². The molecule has 3 aromatic rings. The summed E-state index contributed by atoms with van der Waals surface area (Å²) in [5.74, 6) is 0.183. The zero-order chi connectivity index (χ0) is 21.8. The molecule has 31 heavy (non-hydrogen) atoms. The van der Waals surface area contributed by atoms with Crippen LogP contribution >= 0.6 is 0 Å². The molecule has 3 N–H and O–H groups in total. The van der Waals surface area contributed by atoms with E-state index in [4.69, 9.17) is 9.15 Å². The van der Waals surface area contributed by atoms with Crippen molar-refractivity contribution < 1.29 is 28.5 Å². The van der Waals surface area contributed by atoms with E-state index in [0.717, 1.165) is 19.6 Å². The van der Waals surface area contributed by atoms with Gasteiger partial charge < -0.3 is 24.1 Å². The van der Waals surface area contributed by atoms with Crippen molar-refractivity contribution in [1.82, 2.24) is 0 Å². The van der Waals surface area contributed by atoms with Gasteiger partial charge in [0, 0.05) is 12.5 Å². The standard InChI is InChI=1S/C24H27FN2O4/c1-26-9-2-10-27(12-11-26)14-19(28)15-30-20-7-8-21-23(13-20)31-16-22(24(21)29)17-3-5-18(25)6-4-17/h3-8,13,16,19,28H,2,9-12,14-15H2,1H3/p+2/t19-/m0/s1. The number of halogens is 1. The van der Waals surface area contributed by atoms with E-state index < -0.39 is 6.10 Å². The van der Waals surface area contributed by atoms with Gasteiger partial charge in [-0.3, -0.25) is 4.79 Å². The summed E-state index contributed by atoms with van der Waals surface area (Å²) < 4.78 is 24.6. The lowest BCUT2D eigenvalue weighted by Crippen LogP contribution is -3.17. The van der Waals surface area contributed by atoms with E-state index in [1.807, 2.05) is 0 Å². The molecule has 1 aliphatic rings. The molecule has 0 spiro atoms. The molecule has 7 heteroatoms. The largest absolute Gasteiger partial charge is 0.491 e. The third-order valence-electron chi connectivity index (χ3n) is 5.91. The minimum Gasteiger partial charge on any atom is -0.491 e. The minimum absolute atomic E-state index is 0.184. The van der Waals surface area contributed by atoms with Crippen LogP contribution in [0.15, 0.2) is 57.9 Å². The number of fused-ring (bicyclic) bond motifs is 1. The van der Waals surface area contributed by atoms with Crippen molar-refractivity contribution >= 4 is 11.0 Å². The van der Waals surface area contributed by atoms with Crippen LogP contribution in [0, 0.1) is 5.82 Å². The highest BCUT2D eigenvalue weighted by atomic mass is 19.1. The van der Waals surface area contributed by atoms with Crippen LogP contribution in [0.5, 0.6) is 5.75 Å². The van der Waals surface area contributed by atoms with E-state index in [1.54, 1.807) is 35.2 Å². The predicted molar refractivity (Wildman–Crippen MR) is 116 cm³/mol. The van der Waals surface area contributed by atoms with E-state index in [2.05, 4.69) is 7.05 Å².